The van der Waals surface area contributed by atoms with E-state index in [1.54, 1.807) is 6.92 Å². The van der Waals surface area contributed by atoms with Crippen LogP contribution >= 0.6 is 0 Å². The van der Waals surface area contributed by atoms with Gasteiger partial charge in [-0.2, -0.15) is 0 Å². The van der Waals surface area contributed by atoms with Crippen molar-refractivity contribution < 1.29 is 8.78 Å². The lowest BCUT2D eigenvalue weighted by Gasteiger charge is -2.16. The average molecular weight is 198 g/mol. The summed E-state index contributed by atoms with van der Waals surface area (Å²) < 4.78 is 26.1. The van der Waals surface area contributed by atoms with Gasteiger partial charge in [0, 0.05) is 5.56 Å². The van der Waals surface area contributed by atoms with Crippen molar-refractivity contribution in [3.05, 3.63) is 47.5 Å². The Morgan fingerprint density at radius 1 is 1.50 bits per heavy atom. The highest BCUT2D eigenvalue weighted by atomic mass is 19.1. The van der Waals surface area contributed by atoms with Crippen molar-refractivity contribution in [3.8, 4) is 0 Å². The van der Waals surface area contributed by atoms with Gasteiger partial charge in [-0.15, -0.1) is 0 Å². The predicted octanol–water partition coefficient (Wildman–Crippen LogP) is 2.05. The molecule has 0 bridgehead atoms. The number of hydrazine groups is 1. The molecule has 1 aromatic carbocycles. The Balaban J connectivity index is 3.15. The summed E-state index contributed by atoms with van der Waals surface area (Å²) >= 11 is 0. The molecule has 14 heavy (non-hydrogen) atoms. The number of benzene rings is 1. The van der Waals surface area contributed by atoms with Crippen LogP contribution in [0.15, 0.2) is 30.4 Å². The molecule has 1 atom stereocenters. The van der Waals surface area contributed by atoms with E-state index in [4.69, 9.17) is 5.84 Å². The van der Waals surface area contributed by atoms with E-state index in [0.717, 1.165) is 18.2 Å². The van der Waals surface area contributed by atoms with E-state index in [1.807, 2.05) is 0 Å². The molecule has 3 N–H and O–H groups in total. The number of hydrogen-bond donors (Lipinski definition) is 2. The van der Waals surface area contributed by atoms with Gasteiger partial charge < -0.3 is 0 Å². The van der Waals surface area contributed by atoms with Crippen LogP contribution in [0.2, 0.25) is 0 Å². The highest BCUT2D eigenvalue weighted by molar-refractivity contribution is 5.28. The summed E-state index contributed by atoms with van der Waals surface area (Å²) in [6, 6.07) is 2.67. The van der Waals surface area contributed by atoms with Crippen LogP contribution in [0.5, 0.6) is 0 Å². The standard InChI is InChI=1S/C10H12F2N2/c1-6(2)10(14-13)8-5-7(11)3-4-9(8)12/h3-5,10,14H,1,13H2,2H3. The van der Waals surface area contributed by atoms with Crippen LogP contribution in [-0.4, -0.2) is 0 Å². The zero-order chi connectivity index (χ0) is 10.7. The number of hydrogen-bond acceptors (Lipinski definition) is 2. The van der Waals surface area contributed by atoms with Crippen molar-refractivity contribution in [3.63, 3.8) is 0 Å². The van der Waals surface area contributed by atoms with Gasteiger partial charge in [0.25, 0.3) is 0 Å². The van der Waals surface area contributed by atoms with E-state index in [2.05, 4.69) is 12.0 Å². The first kappa shape index (κ1) is 10.8. The maximum Gasteiger partial charge on any atom is 0.128 e. The molecule has 0 fully saturated rings. The highest BCUT2D eigenvalue weighted by Crippen LogP contribution is 2.22. The summed E-state index contributed by atoms with van der Waals surface area (Å²) in [7, 11) is 0. The molecule has 0 saturated carbocycles. The van der Waals surface area contributed by atoms with Crippen molar-refractivity contribution >= 4 is 0 Å². The zero-order valence-corrected chi connectivity index (χ0v) is 7.85. The molecule has 2 nitrogen and oxygen atoms in total. The van der Waals surface area contributed by atoms with Gasteiger partial charge in [-0.25, -0.2) is 14.2 Å². The summed E-state index contributed by atoms with van der Waals surface area (Å²) in [5.41, 5.74) is 3.17. The summed E-state index contributed by atoms with van der Waals surface area (Å²) in [6.45, 7) is 5.33. The molecule has 0 aliphatic rings. The topological polar surface area (TPSA) is 38.0 Å². The predicted molar refractivity (Wildman–Crippen MR) is 51.2 cm³/mol. The van der Waals surface area contributed by atoms with Gasteiger partial charge in [0.2, 0.25) is 0 Å². The van der Waals surface area contributed by atoms with Gasteiger partial charge in [-0.1, -0.05) is 12.2 Å². The highest BCUT2D eigenvalue weighted by Gasteiger charge is 2.15. The lowest BCUT2D eigenvalue weighted by molar-refractivity contribution is 0.542. The van der Waals surface area contributed by atoms with Crippen molar-refractivity contribution in [2.45, 2.75) is 13.0 Å². The Kier molecular flexibility index (Phi) is 3.33. The Bertz CT molecular complexity index is 350. The van der Waals surface area contributed by atoms with Crippen molar-refractivity contribution in [1.82, 2.24) is 5.43 Å². The Morgan fingerprint density at radius 2 is 2.14 bits per heavy atom. The molecule has 1 unspecified atom stereocenters. The van der Waals surface area contributed by atoms with Crippen LogP contribution in [-0.2, 0) is 0 Å². The average Bonchev–Trinajstić information content (AvgIpc) is 2.11. The lowest BCUT2D eigenvalue weighted by atomic mass is 10.0. The first-order chi connectivity index (χ1) is 6.56. The molecule has 0 heterocycles. The second kappa shape index (κ2) is 4.30. The van der Waals surface area contributed by atoms with Gasteiger partial charge in [0.15, 0.2) is 0 Å². The molecule has 0 aliphatic carbocycles. The molecule has 76 valence electrons. The van der Waals surface area contributed by atoms with Gasteiger partial charge >= 0.3 is 0 Å². The smallest absolute Gasteiger partial charge is 0.128 e. The molecule has 0 radical (unpaired) electrons. The molecule has 4 heteroatoms. The van der Waals surface area contributed by atoms with Crippen molar-refractivity contribution in [2.75, 3.05) is 0 Å². The Morgan fingerprint density at radius 3 is 2.64 bits per heavy atom. The second-order valence-corrected chi connectivity index (χ2v) is 3.11. The largest absolute Gasteiger partial charge is 0.271 e. The summed E-state index contributed by atoms with van der Waals surface area (Å²) in [5.74, 6) is 4.22. The molecule has 0 spiro atoms. The maximum atomic E-state index is 13.3. The number of halogens is 2. The minimum absolute atomic E-state index is 0.167. The molecular formula is C10H12F2N2. The van der Waals surface area contributed by atoms with Crippen LogP contribution in [0.1, 0.15) is 18.5 Å². The van der Waals surface area contributed by atoms with Crippen molar-refractivity contribution in [2.24, 2.45) is 5.84 Å². The minimum atomic E-state index is -0.564. The number of nitrogens with one attached hydrogen (secondary N) is 1. The third kappa shape index (κ3) is 2.16. The molecule has 0 amide bonds. The molecule has 1 aromatic rings. The first-order valence-corrected chi connectivity index (χ1v) is 4.12. The van der Waals surface area contributed by atoms with E-state index in [0.29, 0.717) is 5.57 Å². The van der Waals surface area contributed by atoms with Gasteiger partial charge in [0.1, 0.15) is 11.6 Å². The minimum Gasteiger partial charge on any atom is -0.271 e. The maximum absolute atomic E-state index is 13.3. The van der Waals surface area contributed by atoms with Gasteiger partial charge in [0.05, 0.1) is 6.04 Å². The van der Waals surface area contributed by atoms with Crippen LogP contribution < -0.4 is 11.3 Å². The van der Waals surface area contributed by atoms with Gasteiger partial charge in [-0.05, 0) is 25.1 Å². The Hall–Kier alpha value is -1.26. The fourth-order valence-electron chi connectivity index (χ4n) is 1.23. The summed E-state index contributed by atoms with van der Waals surface area (Å²) in [4.78, 5) is 0. The first-order valence-electron chi connectivity index (χ1n) is 4.12. The summed E-state index contributed by atoms with van der Waals surface area (Å²) in [5, 5.41) is 0. The molecule has 0 saturated heterocycles. The molecule has 0 aromatic heterocycles. The molecular weight excluding hydrogens is 186 g/mol. The van der Waals surface area contributed by atoms with E-state index in [9.17, 15) is 8.78 Å². The summed E-state index contributed by atoms with van der Waals surface area (Å²) in [6.07, 6.45) is 0. The van der Waals surface area contributed by atoms with Crippen LogP contribution in [0.25, 0.3) is 0 Å². The quantitative estimate of drug-likeness (QED) is 0.443. The van der Waals surface area contributed by atoms with E-state index >= 15 is 0 Å². The number of rotatable bonds is 3. The number of nitrogens with two attached hydrogens (primary N) is 1. The SMILES string of the molecule is C=C(C)C(NN)c1cc(F)ccc1F. The Labute approximate surface area is 81.4 Å². The van der Waals surface area contributed by atoms with E-state index in [-0.39, 0.29) is 5.56 Å². The monoisotopic (exact) mass is 198 g/mol. The van der Waals surface area contributed by atoms with Crippen LogP contribution in [0.4, 0.5) is 8.78 Å². The van der Waals surface area contributed by atoms with E-state index < -0.39 is 17.7 Å². The lowest BCUT2D eigenvalue weighted by Crippen LogP contribution is -2.29. The second-order valence-electron chi connectivity index (χ2n) is 3.11. The van der Waals surface area contributed by atoms with Crippen LogP contribution in [0.3, 0.4) is 0 Å². The zero-order valence-electron chi connectivity index (χ0n) is 7.85. The third-order valence-electron chi connectivity index (χ3n) is 1.93. The van der Waals surface area contributed by atoms with Crippen molar-refractivity contribution in [1.29, 1.82) is 0 Å². The third-order valence-corrected chi connectivity index (χ3v) is 1.93. The van der Waals surface area contributed by atoms with E-state index in [1.165, 1.54) is 0 Å². The normalized spacial score (nSPS) is 12.6. The molecule has 1 rings (SSSR count). The fraction of sp³-hybridized carbons (Fsp3) is 0.200. The fourth-order valence-corrected chi connectivity index (χ4v) is 1.23. The molecule has 0 aliphatic heterocycles. The van der Waals surface area contributed by atoms with Gasteiger partial charge in [-0.3, -0.25) is 5.84 Å². The van der Waals surface area contributed by atoms with Crippen LogP contribution in [0, 0.1) is 11.6 Å².